The summed E-state index contributed by atoms with van der Waals surface area (Å²) in [4.78, 5) is 2.22. The van der Waals surface area contributed by atoms with Crippen molar-refractivity contribution in [2.45, 2.75) is 18.7 Å². The zero-order valence-corrected chi connectivity index (χ0v) is 16.0. The topological polar surface area (TPSA) is 86.2 Å². The Labute approximate surface area is 153 Å². The van der Waals surface area contributed by atoms with Crippen LogP contribution in [0.25, 0.3) is 0 Å². The number of hydrazone groups is 1. The summed E-state index contributed by atoms with van der Waals surface area (Å²) in [6.07, 6.45) is 1.37. The molecule has 2 aromatic rings. The second kappa shape index (κ2) is 8.57. The molecule has 0 heterocycles. The fourth-order valence-electron chi connectivity index (χ4n) is 2.30. The molecule has 140 valence electrons. The number of nitrogens with one attached hydrogen (secondary N) is 1. The zero-order chi connectivity index (χ0) is 19.2. The molecule has 0 aliphatic carbocycles. The van der Waals surface area contributed by atoms with Crippen LogP contribution in [0, 0.1) is 6.92 Å². The van der Waals surface area contributed by atoms with Crippen LogP contribution < -0.4 is 19.0 Å². The summed E-state index contributed by atoms with van der Waals surface area (Å²) < 4.78 is 41.0. The second-order valence-corrected chi connectivity index (χ2v) is 6.95. The molecular formula is C18H22N2O5S. The van der Waals surface area contributed by atoms with Crippen LogP contribution >= 0.6 is 0 Å². The van der Waals surface area contributed by atoms with Crippen LogP contribution in [0.3, 0.4) is 0 Å². The number of aryl methyl sites for hydroxylation is 1. The molecule has 0 amide bonds. The van der Waals surface area contributed by atoms with E-state index < -0.39 is 10.0 Å². The van der Waals surface area contributed by atoms with Gasteiger partial charge in [0.2, 0.25) is 0 Å². The molecule has 0 aliphatic heterocycles. The van der Waals surface area contributed by atoms with Gasteiger partial charge in [0.1, 0.15) is 10.6 Å². The number of hydrogen-bond acceptors (Lipinski definition) is 6. The maximum Gasteiger partial charge on any atom is 0.280 e. The van der Waals surface area contributed by atoms with Crippen LogP contribution in [0.1, 0.15) is 18.1 Å². The third kappa shape index (κ3) is 4.45. The highest BCUT2D eigenvalue weighted by Crippen LogP contribution is 2.30. The first kappa shape index (κ1) is 19.6. The number of nitrogens with zero attached hydrogens (tertiary/aromatic N) is 1. The fourth-order valence-corrected chi connectivity index (χ4v) is 3.35. The smallest absolute Gasteiger partial charge is 0.280 e. The van der Waals surface area contributed by atoms with Crippen molar-refractivity contribution in [2.75, 3.05) is 20.8 Å². The normalized spacial score (nSPS) is 11.4. The Morgan fingerprint density at radius 3 is 2.50 bits per heavy atom. The lowest BCUT2D eigenvalue weighted by Crippen LogP contribution is -2.19. The average Bonchev–Trinajstić information content (AvgIpc) is 2.63. The molecule has 0 saturated heterocycles. The van der Waals surface area contributed by atoms with E-state index in [0.717, 1.165) is 5.56 Å². The number of benzene rings is 2. The van der Waals surface area contributed by atoms with E-state index in [4.69, 9.17) is 14.2 Å². The van der Waals surface area contributed by atoms with E-state index in [2.05, 4.69) is 9.93 Å². The van der Waals surface area contributed by atoms with E-state index in [-0.39, 0.29) is 10.6 Å². The Morgan fingerprint density at radius 2 is 1.85 bits per heavy atom. The van der Waals surface area contributed by atoms with E-state index in [1.807, 2.05) is 6.92 Å². The van der Waals surface area contributed by atoms with Crippen molar-refractivity contribution in [3.63, 3.8) is 0 Å². The lowest BCUT2D eigenvalue weighted by molar-refractivity contribution is 0.310. The van der Waals surface area contributed by atoms with Gasteiger partial charge in [0.25, 0.3) is 10.0 Å². The highest BCUT2D eigenvalue weighted by Gasteiger charge is 2.19. The number of ether oxygens (including phenoxy) is 3. The quantitative estimate of drug-likeness (QED) is 0.564. The molecule has 0 bridgehead atoms. The minimum absolute atomic E-state index is 0.0211. The van der Waals surface area contributed by atoms with E-state index >= 15 is 0 Å². The lowest BCUT2D eigenvalue weighted by Gasteiger charge is -2.12. The number of methoxy groups -OCH3 is 2. The molecule has 0 fully saturated rings. The van der Waals surface area contributed by atoms with Gasteiger partial charge < -0.3 is 14.2 Å². The summed E-state index contributed by atoms with van der Waals surface area (Å²) >= 11 is 0. The standard InChI is InChI=1S/C18H22N2O5S/c1-5-25-18-14(7-6-8-16(18)24-4)12-19-20-26(21,22)17-11-13(2)9-10-15(17)23-3/h6-12,20H,5H2,1-4H3/b19-12+. The highest BCUT2D eigenvalue weighted by atomic mass is 32.2. The number of sulfonamides is 1. The molecule has 0 atom stereocenters. The van der Waals surface area contributed by atoms with E-state index in [1.54, 1.807) is 37.3 Å². The monoisotopic (exact) mass is 378 g/mol. The SMILES string of the molecule is CCOc1c(/C=N/NS(=O)(=O)c2cc(C)ccc2OC)cccc1OC. The van der Waals surface area contributed by atoms with Crippen molar-refractivity contribution in [3.8, 4) is 17.2 Å². The van der Waals surface area contributed by atoms with Crippen LogP contribution in [0.15, 0.2) is 46.4 Å². The van der Waals surface area contributed by atoms with Crippen molar-refractivity contribution >= 4 is 16.2 Å². The van der Waals surface area contributed by atoms with Crippen molar-refractivity contribution in [2.24, 2.45) is 5.10 Å². The van der Waals surface area contributed by atoms with Crippen LogP contribution in [0.2, 0.25) is 0 Å². The van der Waals surface area contributed by atoms with Crippen LogP contribution in [-0.4, -0.2) is 35.5 Å². The van der Waals surface area contributed by atoms with Gasteiger partial charge in [0.15, 0.2) is 11.5 Å². The third-order valence-electron chi connectivity index (χ3n) is 3.50. The maximum absolute atomic E-state index is 12.5. The summed E-state index contributed by atoms with van der Waals surface area (Å²) in [5, 5.41) is 3.86. The van der Waals surface area contributed by atoms with E-state index in [0.29, 0.717) is 23.7 Å². The Balaban J connectivity index is 2.29. The lowest BCUT2D eigenvalue weighted by atomic mass is 10.2. The first-order valence-corrected chi connectivity index (χ1v) is 9.40. The van der Waals surface area contributed by atoms with Gasteiger partial charge in [-0.25, -0.2) is 0 Å². The van der Waals surface area contributed by atoms with Crippen molar-refractivity contribution in [3.05, 3.63) is 47.5 Å². The highest BCUT2D eigenvalue weighted by molar-refractivity contribution is 7.89. The molecule has 0 saturated carbocycles. The molecule has 2 aromatic carbocycles. The Bertz CT molecular complexity index is 894. The van der Waals surface area contributed by atoms with Gasteiger partial charge >= 0.3 is 0 Å². The van der Waals surface area contributed by atoms with Gasteiger partial charge in [0, 0.05) is 5.56 Å². The molecule has 0 spiro atoms. The molecule has 1 N–H and O–H groups in total. The number of hydrogen-bond donors (Lipinski definition) is 1. The summed E-state index contributed by atoms with van der Waals surface area (Å²) in [6.45, 7) is 4.08. The second-order valence-electron chi connectivity index (χ2n) is 5.32. The predicted molar refractivity (Wildman–Crippen MR) is 99.8 cm³/mol. The van der Waals surface area contributed by atoms with Gasteiger partial charge in [-0.2, -0.15) is 18.4 Å². The number of para-hydroxylation sites is 1. The Hall–Kier alpha value is -2.74. The molecule has 8 heteroatoms. The van der Waals surface area contributed by atoms with Crippen LogP contribution in [0.5, 0.6) is 17.2 Å². The predicted octanol–water partition coefficient (Wildman–Crippen LogP) is 2.72. The molecule has 26 heavy (non-hydrogen) atoms. The molecule has 2 rings (SSSR count). The first-order valence-electron chi connectivity index (χ1n) is 7.92. The van der Waals surface area contributed by atoms with Crippen molar-refractivity contribution in [1.82, 2.24) is 4.83 Å². The summed E-state index contributed by atoms with van der Waals surface area (Å²) in [6, 6.07) is 10.2. The molecule has 7 nitrogen and oxygen atoms in total. The van der Waals surface area contributed by atoms with Gasteiger partial charge in [-0.3, -0.25) is 0 Å². The van der Waals surface area contributed by atoms with Crippen LogP contribution in [-0.2, 0) is 10.0 Å². The summed E-state index contributed by atoms with van der Waals surface area (Å²) in [5.41, 5.74) is 1.38. The largest absolute Gasteiger partial charge is 0.495 e. The molecule has 0 aliphatic rings. The zero-order valence-electron chi connectivity index (χ0n) is 15.1. The van der Waals surface area contributed by atoms with E-state index in [1.165, 1.54) is 26.5 Å². The minimum atomic E-state index is -3.88. The van der Waals surface area contributed by atoms with Crippen molar-refractivity contribution in [1.29, 1.82) is 0 Å². The first-order chi connectivity index (χ1) is 12.4. The van der Waals surface area contributed by atoms with Gasteiger partial charge in [0.05, 0.1) is 27.0 Å². The van der Waals surface area contributed by atoms with Crippen LogP contribution in [0.4, 0.5) is 0 Å². The minimum Gasteiger partial charge on any atom is -0.495 e. The number of rotatable bonds is 8. The maximum atomic E-state index is 12.5. The summed E-state index contributed by atoms with van der Waals surface area (Å²) in [7, 11) is -0.934. The van der Waals surface area contributed by atoms with Gasteiger partial charge in [-0.15, -0.1) is 0 Å². The average molecular weight is 378 g/mol. The third-order valence-corrected chi connectivity index (χ3v) is 4.75. The van der Waals surface area contributed by atoms with Gasteiger partial charge in [-0.05, 0) is 43.7 Å². The Morgan fingerprint density at radius 1 is 1.12 bits per heavy atom. The molecule has 0 aromatic heterocycles. The fraction of sp³-hybridized carbons (Fsp3) is 0.278. The summed E-state index contributed by atoms with van der Waals surface area (Å²) in [5.74, 6) is 1.28. The Kier molecular flexibility index (Phi) is 6.46. The van der Waals surface area contributed by atoms with Gasteiger partial charge in [-0.1, -0.05) is 12.1 Å². The molecule has 0 radical (unpaired) electrons. The van der Waals surface area contributed by atoms with E-state index in [9.17, 15) is 8.42 Å². The van der Waals surface area contributed by atoms with Crippen molar-refractivity contribution < 1.29 is 22.6 Å². The molecular weight excluding hydrogens is 356 g/mol. The molecule has 0 unspecified atom stereocenters.